The lowest BCUT2D eigenvalue weighted by atomic mass is 10.0. The third-order valence-corrected chi connectivity index (χ3v) is 5.08. The van der Waals surface area contributed by atoms with Crippen LogP contribution in [0.1, 0.15) is 31.4 Å². The van der Waals surface area contributed by atoms with Gasteiger partial charge in [-0.3, -0.25) is 0 Å². The molecule has 0 bridgehead atoms. The fourth-order valence-corrected chi connectivity index (χ4v) is 3.55. The molecule has 0 spiro atoms. The van der Waals surface area contributed by atoms with Crippen LogP contribution in [-0.2, 0) is 0 Å². The molecule has 1 aromatic carbocycles. The summed E-state index contributed by atoms with van der Waals surface area (Å²) in [6.45, 7) is 5.13. The fourth-order valence-electron chi connectivity index (χ4n) is 2.98. The molecule has 1 heterocycles. The van der Waals surface area contributed by atoms with Crippen LogP contribution in [0.3, 0.4) is 0 Å². The summed E-state index contributed by atoms with van der Waals surface area (Å²) in [6.07, 6.45) is 2.03. The molecule has 3 nitrogen and oxygen atoms in total. The van der Waals surface area contributed by atoms with Crippen LogP contribution in [0.4, 0.5) is 0 Å². The van der Waals surface area contributed by atoms with Crippen molar-refractivity contribution in [3.8, 4) is 0 Å². The zero-order valence-electron chi connectivity index (χ0n) is 12.3. The Labute approximate surface area is 130 Å². The van der Waals surface area contributed by atoms with Crippen LogP contribution >= 0.6 is 15.9 Å². The third-order valence-electron chi connectivity index (χ3n) is 4.35. The van der Waals surface area contributed by atoms with E-state index in [4.69, 9.17) is 0 Å². The predicted molar refractivity (Wildman–Crippen MR) is 86.8 cm³/mol. The van der Waals surface area contributed by atoms with Gasteiger partial charge in [0.25, 0.3) is 0 Å². The monoisotopic (exact) mass is 340 g/mol. The quantitative estimate of drug-likeness (QED) is 0.835. The number of nitrogens with one attached hydrogen (secondary N) is 1. The van der Waals surface area contributed by atoms with Crippen molar-refractivity contribution in [2.45, 2.75) is 31.9 Å². The van der Waals surface area contributed by atoms with Crippen LogP contribution in [-0.4, -0.2) is 42.8 Å². The Hall–Kier alpha value is -0.420. The largest absolute Gasteiger partial charge is 0.393 e. The Morgan fingerprint density at radius 3 is 2.80 bits per heavy atom. The fraction of sp³-hybridized carbons (Fsp3) is 0.625. The number of aliphatic hydroxyl groups excluding tert-OH is 1. The zero-order chi connectivity index (χ0) is 14.5. The second-order valence-electron chi connectivity index (χ2n) is 5.74. The minimum atomic E-state index is -0.177. The number of halogens is 1. The Morgan fingerprint density at radius 1 is 1.45 bits per heavy atom. The Balaban J connectivity index is 1.88. The van der Waals surface area contributed by atoms with E-state index in [2.05, 4.69) is 44.3 Å². The van der Waals surface area contributed by atoms with Crippen molar-refractivity contribution in [2.24, 2.45) is 5.92 Å². The van der Waals surface area contributed by atoms with E-state index in [1.54, 1.807) is 0 Å². The van der Waals surface area contributed by atoms with Gasteiger partial charge in [-0.15, -0.1) is 0 Å². The maximum absolute atomic E-state index is 9.66. The van der Waals surface area contributed by atoms with E-state index in [9.17, 15) is 5.11 Å². The van der Waals surface area contributed by atoms with Crippen LogP contribution in [0.5, 0.6) is 0 Å². The lowest BCUT2D eigenvalue weighted by Gasteiger charge is -2.22. The molecule has 0 saturated carbocycles. The summed E-state index contributed by atoms with van der Waals surface area (Å²) in [6, 6.07) is 8.78. The summed E-state index contributed by atoms with van der Waals surface area (Å²) < 4.78 is 1.17. The first-order chi connectivity index (χ1) is 9.61. The summed E-state index contributed by atoms with van der Waals surface area (Å²) >= 11 is 3.63. The number of hydrogen-bond acceptors (Lipinski definition) is 3. The SMILES string of the molecule is CNC(CCN1CCC(C(C)O)C1)c1ccccc1Br. The average molecular weight is 341 g/mol. The van der Waals surface area contributed by atoms with Crippen molar-refractivity contribution in [2.75, 3.05) is 26.7 Å². The van der Waals surface area contributed by atoms with Gasteiger partial charge in [-0.25, -0.2) is 0 Å². The molecular weight excluding hydrogens is 316 g/mol. The minimum Gasteiger partial charge on any atom is -0.393 e. The maximum Gasteiger partial charge on any atom is 0.0552 e. The minimum absolute atomic E-state index is 0.177. The van der Waals surface area contributed by atoms with Crippen LogP contribution in [0.25, 0.3) is 0 Å². The van der Waals surface area contributed by atoms with E-state index in [0.717, 1.165) is 32.5 Å². The molecule has 112 valence electrons. The lowest BCUT2D eigenvalue weighted by molar-refractivity contribution is 0.127. The topological polar surface area (TPSA) is 35.5 Å². The Morgan fingerprint density at radius 2 is 2.20 bits per heavy atom. The summed E-state index contributed by atoms with van der Waals surface area (Å²) in [5.74, 6) is 0.450. The normalized spacial score (nSPS) is 22.9. The standard InChI is InChI=1S/C16H25BrN2O/c1-12(20)13-7-9-19(11-13)10-8-16(18-2)14-5-3-4-6-15(14)17/h3-6,12-13,16,18,20H,7-11H2,1-2H3. The molecule has 3 unspecified atom stereocenters. The summed E-state index contributed by atoms with van der Waals surface area (Å²) in [5, 5.41) is 13.1. The lowest BCUT2D eigenvalue weighted by Crippen LogP contribution is -2.28. The van der Waals surface area contributed by atoms with Gasteiger partial charge >= 0.3 is 0 Å². The average Bonchev–Trinajstić information content (AvgIpc) is 2.90. The van der Waals surface area contributed by atoms with Crippen molar-refractivity contribution in [3.63, 3.8) is 0 Å². The highest BCUT2D eigenvalue weighted by Crippen LogP contribution is 2.26. The molecule has 3 atom stereocenters. The van der Waals surface area contributed by atoms with Gasteiger partial charge in [-0.1, -0.05) is 34.1 Å². The number of nitrogens with zero attached hydrogens (tertiary/aromatic N) is 1. The van der Waals surface area contributed by atoms with Gasteiger partial charge < -0.3 is 15.3 Å². The van der Waals surface area contributed by atoms with Gasteiger partial charge in [-0.05, 0) is 57.5 Å². The van der Waals surface area contributed by atoms with Crippen molar-refractivity contribution < 1.29 is 5.11 Å². The van der Waals surface area contributed by atoms with E-state index in [0.29, 0.717) is 12.0 Å². The number of benzene rings is 1. The molecule has 1 fully saturated rings. The molecule has 20 heavy (non-hydrogen) atoms. The van der Waals surface area contributed by atoms with Gasteiger partial charge in [0.05, 0.1) is 6.10 Å². The second-order valence-corrected chi connectivity index (χ2v) is 6.60. The first-order valence-electron chi connectivity index (χ1n) is 7.44. The molecule has 1 aliphatic heterocycles. The zero-order valence-corrected chi connectivity index (χ0v) is 13.9. The van der Waals surface area contributed by atoms with Gasteiger partial charge in [0.1, 0.15) is 0 Å². The first-order valence-corrected chi connectivity index (χ1v) is 8.23. The van der Waals surface area contributed by atoms with Crippen LogP contribution in [0.15, 0.2) is 28.7 Å². The smallest absolute Gasteiger partial charge is 0.0552 e. The number of rotatable bonds is 6. The second kappa shape index (κ2) is 7.55. The summed E-state index contributed by atoms with van der Waals surface area (Å²) in [4.78, 5) is 2.47. The van der Waals surface area contributed by atoms with E-state index in [1.165, 1.54) is 10.0 Å². The van der Waals surface area contributed by atoms with Crippen LogP contribution in [0, 0.1) is 5.92 Å². The molecule has 0 amide bonds. The maximum atomic E-state index is 9.66. The molecule has 1 aliphatic rings. The molecule has 1 aromatic rings. The molecule has 0 radical (unpaired) electrons. The van der Waals surface area contributed by atoms with Gasteiger partial charge in [0, 0.05) is 17.1 Å². The molecule has 2 N–H and O–H groups in total. The third kappa shape index (κ3) is 4.04. The Bertz CT molecular complexity index is 425. The van der Waals surface area contributed by atoms with Crippen molar-refractivity contribution in [1.82, 2.24) is 10.2 Å². The van der Waals surface area contributed by atoms with Gasteiger partial charge in [-0.2, -0.15) is 0 Å². The van der Waals surface area contributed by atoms with Crippen molar-refractivity contribution in [1.29, 1.82) is 0 Å². The number of likely N-dealkylation sites (tertiary alicyclic amines) is 1. The molecule has 0 aromatic heterocycles. The number of aliphatic hydroxyl groups is 1. The van der Waals surface area contributed by atoms with Crippen molar-refractivity contribution in [3.05, 3.63) is 34.3 Å². The molecule has 2 rings (SSSR count). The van der Waals surface area contributed by atoms with Gasteiger partial charge in [0.2, 0.25) is 0 Å². The molecule has 0 aliphatic carbocycles. The highest BCUT2D eigenvalue weighted by molar-refractivity contribution is 9.10. The first kappa shape index (κ1) is 16.0. The highest BCUT2D eigenvalue weighted by Gasteiger charge is 2.26. The van der Waals surface area contributed by atoms with Crippen LogP contribution in [0.2, 0.25) is 0 Å². The summed E-state index contributed by atoms with van der Waals surface area (Å²) in [5.41, 5.74) is 1.32. The van der Waals surface area contributed by atoms with Crippen LogP contribution < -0.4 is 5.32 Å². The highest BCUT2D eigenvalue weighted by atomic mass is 79.9. The summed E-state index contributed by atoms with van der Waals surface area (Å²) in [7, 11) is 2.02. The van der Waals surface area contributed by atoms with E-state index >= 15 is 0 Å². The van der Waals surface area contributed by atoms with E-state index < -0.39 is 0 Å². The van der Waals surface area contributed by atoms with Crippen molar-refractivity contribution >= 4 is 15.9 Å². The number of hydrogen-bond donors (Lipinski definition) is 2. The van der Waals surface area contributed by atoms with E-state index in [1.807, 2.05) is 20.0 Å². The molecular formula is C16H25BrN2O. The van der Waals surface area contributed by atoms with E-state index in [-0.39, 0.29) is 6.10 Å². The molecule has 1 saturated heterocycles. The molecule has 4 heteroatoms. The van der Waals surface area contributed by atoms with Gasteiger partial charge in [0.15, 0.2) is 0 Å². The predicted octanol–water partition coefficient (Wildman–Crippen LogP) is 2.80. The Kier molecular flexibility index (Phi) is 6.02.